The summed E-state index contributed by atoms with van der Waals surface area (Å²) in [6.45, 7) is -0.0838. The van der Waals surface area contributed by atoms with Crippen molar-refractivity contribution in [3.05, 3.63) is 72.3 Å². The van der Waals surface area contributed by atoms with Gasteiger partial charge in [0.05, 0.1) is 18.9 Å². The van der Waals surface area contributed by atoms with E-state index in [1.807, 2.05) is 6.07 Å². The van der Waals surface area contributed by atoms with Crippen molar-refractivity contribution < 1.29 is 19.1 Å². The first-order valence-corrected chi connectivity index (χ1v) is 11.1. The van der Waals surface area contributed by atoms with Crippen molar-refractivity contribution in [1.82, 2.24) is 4.90 Å². The number of allylic oxidation sites excluding steroid dienone is 2. The highest BCUT2D eigenvalue weighted by atomic mass is 16.5. The monoisotopic (exact) mass is 428 g/mol. The van der Waals surface area contributed by atoms with Crippen LogP contribution in [0.15, 0.2) is 66.7 Å². The first kappa shape index (κ1) is 19.3. The number of methoxy groups -OCH3 is 1. The number of carbonyl (C=O) groups is 3. The number of hydrogen-bond acceptors (Lipinski definition) is 4. The number of rotatable bonds is 5. The second kappa shape index (κ2) is 7.05. The van der Waals surface area contributed by atoms with Gasteiger partial charge in [0.15, 0.2) is 0 Å². The third-order valence-corrected chi connectivity index (χ3v) is 7.69. The van der Waals surface area contributed by atoms with Crippen LogP contribution in [-0.2, 0) is 9.59 Å². The van der Waals surface area contributed by atoms with Gasteiger partial charge in [-0.3, -0.25) is 24.2 Å². The molecule has 2 saturated carbocycles. The molecule has 0 radical (unpaired) electrons. The molecule has 6 nitrogen and oxygen atoms in total. The van der Waals surface area contributed by atoms with E-state index in [4.69, 9.17) is 4.74 Å². The second-order valence-corrected chi connectivity index (χ2v) is 9.20. The molecule has 3 amide bonds. The summed E-state index contributed by atoms with van der Waals surface area (Å²) in [5.74, 6) is 1.02. The largest absolute Gasteiger partial charge is 0.497 e. The van der Waals surface area contributed by atoms with Crippen molar-refractivity contribution >= 4 is 23.4 Å². The maximum Gasteiger partial charge on any atom is 0.259 e. The number of nitrogens with zero attached hydrogens (tertiary/aromatic N) is 2. The highest BCUT2D eigenvalue weighted by Crippen LogP contribution is 2.65. The maximum atomic E-state index is 13.4. The van der Waals surface area contributed by atoms with Crippen molar-refractivity contribution in [1.29, 1.82) is 0 Å². The normalized spacial score (nSPS) is 31.3. The fraction of sp³-hybridized carbons (Fsp3) is 0.346. The van der Waals surface area contributed by atoms with Crippen LogP contribution in [0, 0.1) is 35.5 Å². The number of anilines is 1. The standard InChI is InChI=1S/C26H24N2O4/c1-32-17-9-7-16(8-10-17)27(24(29)15-5-3-2-4-6-15)14-28-25(30)22-18-11-12-19(21-13-20(18)21)23(22)26(28)31/h2-12,18-23H,13-14H2,1H3/t18-,19-,20-,21-,22-,23+/m1/s1. The molecule has 1 aliphatic heterocycles. The molecule has 7 rings (SSSR count). The number of ether oxygens (including phenoxy) is 1. The molecule has 6 atom stereocenters. The number of likely N-dealkylation sites (tertiary alicyclic amines) is 1. The Kier molecular flexibility index (Phi) is 4.25. The molecule has 0 spiro atoms. The van der Waals surface area contributed by atoms with Crippen molar-refractivity contribution in [3.63, 3.8) is 0 Å². The Morgan fingerprint density at radius 1 is 0.938 bits per heavy atom. The molecular formula is C26H24N2O4. The van der Waals surface area contributed by atoms with Gasteiger partial charge in [0.1, 0.15) is 12.4 Å². The van der Waals surface area contributed by atoms with Crippen molar-refractivity contribution in [2.75, 3.05) is 18.7 Å². The SMILES string of the molecule is COc1ccc(N(CN2C(=O)[C@@H]3[C@@H]4C=C[C@H]([C@H]5C[C@H]45)[C@@H]3C2=O)C(=O)c2ccccc2)cc1. The predicted molar refractivity (Wildman–Crippen MR) is 118 cm³/mol. The highest BCUT2D eigenvalue weighted by Gasteiger charge is 2.67. The fourth-order valence-corrected chi connectivity index (χ4v) is 6.06. The molecule has 2 bridgehead atoms. The highest BCUT2D eigenvalue weighted by molar-refractivity contribution is 6.09. The van der Waals surface area contributed by atoms with Crippen LogP contribution in [0.1, 0.15) is 16.8 Å². The van der Waals surface area contributed by atoms with Gasteiger partial charge in [-0.2, -0.15) is 0 Å². The molecule has 2 aromatic carbocycles. The first-order valence-electron chi connectivity index (χ1n) is 11.1. The molecule has 32 heavy (non-hydrogen) atoms. The van der Waals surface area contributed by atoms with Crippen LogP contribution in [-0.4, -0.2) is 36.4 Å². The molecule has 5 aliphatic rings. The zero-order valence-corrected chi connectivity index (χ0v) is 17.8. The minimum Gasteiger partial charge on any atom is -0.497 e. The molecular weight excluding hydrogens is 404 g/mol. The Morgan fingerprint density at radius 3 is 2.09 bits per heavy atom. The molecule has 1 heterocycles. The summed E-state index contributed by atoms with van der Waals surface area (Å²) in [5, 5.41) is 0. The van der Waals surface area contributed by atoms with Gasteiger partial charge in [-0.25, -0.2) is 0 Å². The van der Waals surface area contributed by atoms with Gasteiger partial charge in [-0.1, -0.05) is 30.4 Å². The van der Waals surface area contributed by atoms with Gasteiger partial charge >= 0.3 is 0 Å². The molecule has 0 unspecified atom stereocenters. The first-order chi connectivity index (χ1) is 15.6. The number of amides is 3. The van der Waals surface area contributed by atoms with Gasteiger partial charge in [-0.05, 0) is 66.5 Å². The predicted octanol–water partition coefficient (Wildman–Crippen LogP) is 3.35. The minimum atomic E-state index is -0.272. The number of hydrogen-bond donors (Lipinski definition) is 0. The van der Waals surface area contributed by atoms with Crippen LogP contribution >= 0.6 is 0 Å². The quantitative estimate of drug-likeness (QED) is 0.541. The van der Waals surface area contributed by atoms with Gasteiger partial charge in [0, 0.05) is 11.3 Å². The van der Waals surface area contributed by atoms with Crippen LogP contribution in [0.2, 0.25) is 0 Å². The molecule has 0 aromatic heterocycles. The van der Waals surface area contributed by atoms with E-state index < -0.39 is 0 Å². The third-order valence-electron chi connectivity index (χ3n) is 7.69. The fourth-order valence-electron chi connectivity index (χ4n) is 6.06. The molecule has 1 saturated heterocycles. The Balaban J connectivity index is 1.33. The molecule has 6 heteroatoms. The lowest BCUT2D eigenvalue weighted by Gasteiger charge is -2.37. The Labute approximate surface area is 186 Å². The molecule has 162 valence electrons. The average molecular weight is 428 g/mol. The van der Waals surface area contributed by atoms with E-state index in [2.05, 4.69) is 12.2 Å². The average Bonchev–Trinajstić information content (AvgIpc) is 3.63. The summed E-state index contributed by atoms with van der Waals surface area (Å²) in [5.41, 5.74) is 1.11. The van der Waals surface area contributed by atoms with Gasteiger partial charge in [0.25, 0.3) is 5.91 Å². The zero-order chi connectivity index (χ0) is 22.0. The van der Waals surface area contributed by atoms with Crippen LogP contribution in [0.25, 0.3) is 0 Å². The molecule has 3 fully saturated rings. The lowest BCUT2D eigenvalue weighted by molar-refractivity contribution is -0.140. The van der Waals surface area contributed by atoms with Crippen molar-refractivity contribution in [3.8, 4) is 5.75 Å². The van der Waals surface area contributed by atoms with E-state index >= 15 is 0 Å². The third kappa shape index (κ3) is 2.75. The van der Waals surface area contributed by atoms with Gasteiger partial charge < -0.3 is 4.74 Å². The number of benzene rings is 2. The van der Waals surface area contributed by atoms with Crippen LogP contribution in [0.3, 0.4) is 0 Å². The minimum absolute atomic E-state index is 0.0838. The van der Waals surface area contributed by atoms with Crippen LogP contribution in [0.5, 0.6) is 5.75 Å². The van der Waals surface area contributed by atoms with Gasteiger partial charge in [-0.15, -0.1) is 0 Å². The molecule has 2 aromatic rings. The smallest absolute Gasteiger partial charge is 0.259 e. The van der Waals surface area contributed by atoms with Crippen molar-refractivity contribution in [2.45, 2.75) is 6.42 Å². The number of imide groups is 1. The Morgan fingerprint density at radius 2 is 1.53 bits per heavy atom. The Bertz CT molecular complexity index is 1090. The summed E-state index contributed by atoms with van der Waals surface area (Å²) in [4.78, 5) is 43.2. The summed E-state index contributed by atoms with van der Waals surface area (Å²) < 4.78 is 5.24. The topological polar surface area (TPSA) is 66.9 Å². The van der Waals surface area contributed by atoms with E-state index in [1.54, 1.807) is 55.6 Å². The molecule has 4 aliphatic carbocycles. The Hall–Kier alpha value is -3.41. The number of carbonyl (C=O) groups excluding carboxylic acids is 3. The maximum absolute atomic E-state index is 13.4. The lowest BCUT2D eigenvalue weighted by atomic mass is 9.63. The van der Waals surface area contributed by atoms with E-state index in [1.165, 1.54) is 9.80 Å². The van der Waals surface area contributed by atoms with Crippen LogP contribution < -0.4 is 9.64 Å². The summed E-state index contributed by atoms with van der Waals surface area (Å²) in [7, 11) is 1.58. The van der Waals surface area contributed by atoms with E-state index in [-0.39, 0.29) is 48.1 Å². The van der Waals surface area contributed by atoms with E-state index in [0.717, 1.165) is 6.42 Å². The van der Waals surface area contributed by atoms with E-state index in [0.29, 0.717) is 28.8 Å². The summed E-state index contributed by atoms with van der Waals surface area (Å²) in [6, 6.07) is 16.0. The summed E-state index contributed by atoms with van der Waals surface area (Å²) in [6.07, 6.45) is 5.44. The lowest BCUT2D eigenvalue weighted by Crippen LogP contribution is -2.45. The zero-order valence-electron chi connectivity index (χ0n) is 17.8. The van der Waals surface area contributed by atoms with Gasteiger partial charge in [0.2, 0.25) is 11.8 Å². The molecule has 0 N–H and O–H groups in total. The summed E-state index contributed by atoms with van der Waals surface area (Å²) >= 11 is 0. The second-order valence-electron chi connectivity index (χ2n) is 9.20. The van der Waals surface area contributed by atoms with E-state index in [9.17, 15) is 14.4 Å². The van der Waals surface area contributed by atoms with Crippen LogP contribution in [0.4, 0.5) is 5.69 Å². The van der Waals surface area contributed by atoms with Crippen molar-refractivity contribution in [2.24, 2.45) is 35.5 Å².